The van der Waals surface area contributed by atoms with E-state index in [0.717, 1.165) is 42.8 Å². The minimum Gasteiger partial charge on any atom is -0.381 e. The van der Waals surface area contributed by atoms with E-state index in [2.05, 4.69) is 26.6 Å². The van der Waals surface area contributed by atoms with Gasteiger partial charge in [0.15, 0.2) is 0 Å². The van der Waals surface area contributed by atoms with Gasteiger partial charge in [-0.05, 0) is 53.4 Å². The highest BCUT2D eigenvalue weighted by Crippen LogP contribution is 2.20. The average Bonchev–Trinajstić information content (AvgIpc) is 2.43. The number of nitrogens with one attached hydrogen (secondary N) is 2. The maximum absolute atomic E-state index is 11.8. The summed E-state index contributed by atoms with van der Waals surface area (Å²) in [6.07, 6.45) is 2.16. The van der Waals surface area contributed by atoms with Gasteiger partial charge in [0.2, 0.25) is 5.91 Å². The summed E-state index contributed by atoms with van der Waals surface area (Å²) in [5, 5.41) is 6.09. The van der Waals surface area contributed by atoms with E-state index in [1.807, 2.05) is 24.3 Å². The Morgan fingerprint density at radius 2 is 2.05 bits per heavy atom. The lowest BCUT2D eigenvalue weighted by Crippen LogP contribution is -2.33. The molecular formula is C14H19BrN2O2. The molecule has 2 rings (SSSR count). The number of hydrogen-bond donors (Lipinski definition) is 2. The summed E-state index contributed by atoms with van der Waals surface area (Å²) < 4.78 is 6.20. The summed E-state index contributed by atoms with van der Waals surface area (Å²) in [6.45, 7) is 2.91. The Balaban J connectivity index is 1.68. The number of hydrogen-bond acceptors (Lipinski definition) is 3. The Bertz CT molecular complexity index is 420. The Kier molecular flexibility index (Phi) is 5.82. The predicted molar refractivity (Wildman–Crippen MR) is 79.2 cm³/mol. The highest BCUT2D eigenvalue weighted by Gasteiger charge is 2.13. The van der Waals surface area contributed by atoms with E-state index >= 15 is 0 Å². The Labute approximate surface area is 122 Å². The van der Waals surface area contributed by atoms with Crippen molar-refractivity contribution in [2.45, 2.75) is 12.8 Å². The fraction of sp³-hybridized carbons (Fsp3) is 0.500. The molecule has 4 nitrogen and oxygen atoms in total. The molecule has 0 saturated carbocycles. The van der Waals surface area contributed by atoms with Crippen LogP contribution in [0.15, 0.2) is 28.7 Å². The minimum atomic E-state index is -0.0149. The first-order valence-electron chi connectivity index (χ1n) is 6.58. The number of amides is 1. The normalized spacial score (nSPS) is 16.3. The van der Waals surface area contributed by atoms with Gasteiger partial charge in [-0.1, -0.05) is 12.1 Å². The van der Waals surface area contributed by atoms with E-state index in [1.54, 1.807) is 0 Å². The van der Waals surface area contributed by atoms with E-state index in [4.69, 9.17) is 4.74 Å². The number of benzene rings is 1. The highest BCUT2D eigenvalue weighted by atomic mass is 79.9. The van der Waals surface area contributed by atoms with Crippen LogP contribution in [0.2, 0.25) is 0 Å². The van der Waals surface area contributed by atoms with Gasteiger partial charge < -0.3 is 15.4 Å². The van der Waals surface area contributed by atoms with Gasteiger partial charge in [0, 0.05) is 17.7 Å². The molecule has 1 aliphatic heterocycles. The first-order valence-corrected chi connectivity index (χ1v) is 7.38. The van der Waals surface area contributed by atoms with Crippen LogP contribution in [-0.2, 0) is 9.53 Å². The van der Waals surface area contributed by atoms with Crippen LogP contribution < -0.4 is 10.6 Å². The summed E-state index contributed by atoms with van der Waals surface area (Å²) >= 11 is 3.41. The number of rotatable bonds is 5. The second kappa shape index (κ2) is 7.62. The molecule has 0 unspecified atom stereocenters. The monoisotopic (exact) mass is 326 g/mol. The van der Waals surface area contributed by atoms with Gasteiger partial charge in [-0.2, -0.15) is 0 Å². The van der Waals surface area contributed by atoms with Crippen LogP contribution in [-0.4, -0.2) is 32.2 Å². The molecular weight excluding hydrogens is 308 g/mol. The molecule has 1 fully saturated rings. The number of halogens is 1. The number of para-hydroxylation sites is 1. The van der Waals surface area contributed by atoms with Crippen LogP contribution >= 0.6 is 15.9 Å². The number of carbonyl (C=O) groups is 1. The molecule has 0 aliphatic carbocycles. The third-order valence-electron chi connectivity index (χ3n) is 3.21. The highest BCUT2D eigenvalue weighted by molar-refractivity contribution is 9.10. The molecule has 0 spiro atoms. The summed E-state index contributed by atoms with van der Waals surface area (Å²) in [5.74, 6) is 0.615. The maximum Gasteiger partial charge on any atom is 0.238 e. The molecule has 1 aromatic carbocycles. The Hall–Kier alpha value is -0.910. The van der Waals surface area contributed by atoms with Crippen LogP contribution in [0.4, 0.5) is 5.69 Å². The number of ether oxygens (including phenoxy) is 1. The van der Waals surface area contributed by atoms with Gasteiger partial charge in [0.05, 0.1) is 12.2 Å². The quantitative estimate of drug-likeness (QED) is 0.873. The van der Waals surface area contributed by atoms with Crippen molar-refractivity contribution in [1.82, 2.24) is 5.32 Å². The molecule has 0 atom stereocenters. The molecule has 2 N–H and O–H groups in total. The number of carbonyl (C=O) groups excluding carboxylic acids is 1. The lowest BCUT2D eigenvalue weighted by Gasteiger charge is -2.22. The molecule has 104 valence electrons. The molecule has 1 amide bonds. The Morgan fingerprint density at radius 1 is 1.32 bits per heavy atom. The van der Waals surface area contributed by atoms with Crippen molar-refractivity contribution in [3.63, 3.8) is 0 Å². The SMILES string of the molecule is O=C(CNCC1CCOCC1)Nc1ccccc1Br. The largest absolute Gasteiger partial charge is 0.381 e. The van der Waals surface area contributed by atoms with E-state index < -0.39 is 0 Å². The average molecular weight is 327 g/mol. The lowest BCUT2D eigenvalue weighted by molar-refractivity contribution is -0.115. The van der Waals surface area contributed by atoms with Crippen molar-refractivity contribution in [3.05, 3.63) is 28.7 Å². The van der Waals surface area contributed by atoms with Crippen molar-refractivity contribution in [2.24, 2.45) is 5.92 Å². The lowest BCUT2D eigenvalue weighted by atomic mass is 10.0. The smallest absolute Gasteiger partial charge is 0.238 e. The second-order valence-corrected chi connectivity index (χ2v) is 5.57. The van der Waals surface area contributed by atoms with Crippen LogP contribution in [0.1, 0.15) is 12.8 Å². The number of anilines is 1. The van der Waals surface area contributed by atoms with Gasteiger partial charge in [-0.25, -0.2) is 0 Å². The summed E-state index contributed by atoms with van der Waals surface area (Å²) in [4.78, 5) is 11.8. The minimum absolute atomic E-state index is 0.0149. The standard InChI is InChI=1S/C14H19BrN2O2/c15-12-3-1-2-4-13(12)17-14(18)10-16-9-11-5-7-19-8-6-11/h1-4,11,16H,5-10H2,(H,17,18). The van der Waals surface area contributed by atoms with Crippen LogP contribution in [0.25, 0.3) is 0 Å². The molecule has 1 aliphatic rings. The summed E-state index contributed by atoms with van der Waals surface area (Å²) in [7, 11) is 0. The van der Waals surface area contributed by atoms with Crippen LogP contribution in [0.3, 0.4) is 0 Å². The first-order chi connectivity index (χ1) is 9.25. The van der Waals surface area contributed by atoms with Gasteiger partial charge in [0.25, 0.3) is 0 Å². The van der Waals surface area contributed by atoms with E-state index in [1.165, 1.54) is 0 Å². The summed E-state index contributed by atoms with van der Waals surface area (Å²) in [5.41, 5.74) is 0.806. The van der Waals surface area contributed by atoms with Gasteiger partial charge in [-0.15, -0.1) is 0 Å². The van der Waals surface area contributed by atoms with Gasteiger partial charge in [-0.3, -0.25) is 4.79 Å². The van der Waals surface area contributed by atoms with Crippen molar-refractivity contribution < 1.29 is 9.53 Å². The molecule has 1 saturated heterocycles. The fourth-order valence-corrected chi connectivity index (χ4v) is 2.48. The zero-order valence-electron chi connectivity index (χ0n) is 10.8. The van der Waals surface area contributed by atoms with E-state index in [9.17, 15) is 4.79 Å². The zero-order valence-corrected chi connectivity index (χ0v) is 12.4. The molecule has 0 radical (unpaired) electrons. The van der Waals surface area contributed by atoms with Crippen molar-refractivity contribution in [1.29, 1.82) is 0 Å². The van der Waals surface area contributed by atoms with Crippen molar-refractivity contribution in [3.8, 4) is 0 Å². The molecule has 1 heterocycles. The topological polar surface area (TPSA) is 50.4 Å². The second-order valence-electron chi connectivity index (χ2n) is 4.71. The molecule has 0 aromatic heterocycles. The zero-order chi connectivity index (χ0) is 13.5. The molecule has 19 heavy (non-hydrogen) atoms. The first kappa shape index (κ1) is 14.5. The maximum atomic E-state index is 11.8. The third kappa shape index (κ3) is 4.93. The van der Waals surface area contributed by atoms with E-state index in [-0.39, 0.29) is 5.91 Å². The third-order valence-corrected chi connectivity index (χ3v) is 3.90. The Morgan fingerprint density at radius 3 is 2.79 bits per heavy atom. The molecule has 5 heteroatoms. The van der Waals surface area contributed by atoms with Gasteiger partial charge in [0.1, 0.15) is 0 Å². The van der Waals surface area contributed by atoms with Crippen LogP contribution in [0.5, 0.6) is 0 Å². The predicted octanol–water partition coefficient (Wildman–Crippen LogP) is 2.40. The van der Waals surface area contributed by atoms with Crippen molar-refractivity contribution in [2.75, 3.05) is 31.6 Å². The molecule has 1 aromatic rings. The van der Waals surface area contributed by atoms with E-state index in [0.29, 0.717) is 12.5 Å². The molecule has 0 bridgehead atoms. The van der Waals surface area contributed by atoms with Crippen LogP contribution in [0, 0.1) is 5.92 Å². The summed E-state index contributed by atoms with van der Waals surface area (Å²) in [6, 6.07) is 7.60. The van der Waals surface area contributed by atoms with Gasteiger partial charge >= 0.3 is 0 Å². The fourth-order valence-electron chi connectivity index (χ4n) is 2.10. The van der Waals surface area contributed by atoms with Crippen molar-refractivity contribution >= 4 is 27.5 Å².